The number of rotatable bonds is 3. The maximum absolute atomic E-state index is 13.7. The fourth-order valence-corrected chi connectivity index (χ4v) is 2.59. The van der Waals surface area contributed by atoms with Gasteiger partial charge < -0.3 is 11.1 Å². The number of hydrogen-bond donors (Lipinski definition) is 2. The number of nitrogens with one attached hydrogen (secondary N) is 1. The third kappa shape index (κ3) is 4.75. The average Bonchev–Trinajstić information content (AvgIpc) is 2.74. The summed E-state index contributed by atoms with van der Waals surface area (Å²) in [7, 11) is 0. The van der Waals surface area contributed by atoms with E-state index >= 15 is 0 Å². The van der Waals surface area contributed by atoms with E-state index < -0.39 is 5.82 Å². The van der Waals surface area contributed by atoms with Crippen molar-refractivity contribution in [2.24, 2.45) is 10.7 Å². The monoisotopic (exact) mass is 288 g/mol. The zero-order valence-electron chi connectivity index (χ0n) is 12.1. The zero-order chi connectivity index (χ0) is 15.1. The summed E-state index contributed by atoms with van der Waals surface area (Å²) in [6, 6.07) is 6.67. The molecule has 1 aromatic carbocycles. The van der Waals surface area contributed by atoms with Gasteiger partial charge in [0.05, 0.1) is 18.2 Å². The van der Waals surface area contributed by atoms with E-state index in [1.54, 1.807) is 12.1 Å². The third-order valence-corrected chi connectivity index (χ3v) is 3.81. The lowest BCUT2D eigenvalue weighted by atomic mass is 10.1. The van der Waals surface area contributed by atoms with Crippen LogP contribution in [0.4, 0.5) is 4.39 Å². The first kappa shape index (κ1) is 15.3. The summed E-state index contributed by atoms with van der Waals surface area (Å²) in [5.74, 6) is -0.0503. The summed E-state index contributed by atoms with van der Waals surface area (Å²) in [5.41, 5.74) is 6.63. The molecule has 3 N–H and O–H groups in total. The highest BCUT2D eigenvalue weighted by Crippen LogP contribution is 2.17. The highest BCUT2D eigenvalue weighted by Gasteiger charge is 2.12. The van der Waals surface area contributed by atoms with Crippen LogP contribution >= 0.6 is 0 Å². The van der Waals surface area contributed by atoms with Gasteiger partial charge in [-0.15, -0.1) is 0 Å². The number of guanidine groups is 1. The van der Waals surface area contributed by atoms with E-state index in [0.29, 0.717) is 23.1 Å². The maximum atomic E-state index is 13.7. The molecule has 0 atom stereocenters. The van der Waals surface area contributed by atoms with Gasteiger partial charge in [-0.05, 0) is 25.0 Å². The molecule has 0 radical (unpaired) electrons. The van der Waals surface area contributed by atoms with Crippen molar-refractivity contribution in [3.8, 4) is 6.07 Å². The Labute approximate surface area is 124 Å². The molecule has 1 aliphatic carbocycles. The molecule has 0 saturated heterocycles. The van der Waals surface area contributed by atoms with Crippen molar-refractivity contribution in [3.05, 3.63) is 35.1 Å². The molecule has 4 nitrogen and oxygen atoms in total. The van der Waals surface area contributed by atoms with Crippen LogP contribution in [0.3, 0.4) is 0 Å². The van der Waals surface area contributed by atoms with Gasteiger partial charge in [0.1, 0.15) is 5.82 Å². The molecule has 0 aromatic heterocycles. The Morgan fingerprint density at radius 2 is 2.05 bits per heavy atom. The molecule has 0 spiro atoms. The van der Waals surface area contributed by atoms with Crippen LogP contribution in [0.1, 0.15) is 49.7 Å². The lowest BCUT2D eigenvalue weighted by Crippen LogP contribution is -2.39. The molecule has 1 aliphatic rings. The van der Waals surface area contributed by atoms with Gasteiger partial charge in [-0.3, -0.25) is 0 Å². The lowest BCUT2D eigenvalue weighted by molar-refractivity contribution is 0.530. The van der Waals surface area contributed by atoms with Crippen LogP contribution in [0.25, 0.3) is 0 Å². The molecule has 1 aromatic rings. The average molecular weight is 288 g/mol. The van der Waals surface area contributed by atoms with E-state index in [0.717, 1.165) is 12.8 Å². The minimum Gasteiger partial charge on any atom is -0.370 e. The van der Waals surface area contributed by atoms with Gasteiger partial charge >= 0.3 is 0 Å². The number of halogens is 1. The Morgan fingerprint density at radius 3 is 2.67 bits per heavy atom. The molecule has 5 heteroatoms. The summed E-state index contributed by atoms with van der Waals surface area (Å²) < 4.78 is 13.7. The molecule has 1 fully saturated rings. The Kier molecular flexibility index (Phi) is 5.56. The minimum absolute atomic E-state index is 0.184. The summed E-state index contributed by atoms with van der Waals surface area (Å²) >= 11 is 0. The first-order valence-electron chi connectivity index (χ1n) is 7.44. The Balaban J connectivity index is 1.92. The highest BCUT2D eigenvalue weighted by molar-refractivity contribution is 5.78. The smallest absolute Gasteiger partial charge is 0.189 e. The van der Waals surface area contributed by atoms with E-state index in [2.05, 4.69) is 10.3 Å². The Morgan fingerprint density at radius 1 is 1.33 bits per heavy atom. The second-order valence-electron chi connectivity index (χ2n) is 5.45. The van der Waals surface area contributed by atoms with Crippen molar-refractivity contribution in [1.29, 1.82) is 5.26 Å². The molecule has 1 saturated carbocycles. The largest absolute Gasteiger partial charge is 0.370 e. The molecule has 0 unspecified atom stereocenters. The Bertz CT molecular complexity index is 540. The van der Waals surface area contributed by atoms with Gasteiger partial charge in [-0.2, -0.15) is 5.26 Å². The molecule has 0 heterocycles. The van der Waals surface area contributed by atoms with Gasteiger partial charge in [0, 0.05) is 11.6 Å². The van der Waals surface area contributed by atoms with Crippen molar-refractivity contribution in [1.82, 2.24) is 5.32 Å². The van der Waals surface area contributed by atoms with E-state index in [1.165, 1.54) is 31.7 Å². The predicted molar refractivity (Wildman–Crippen MR) is 81.1 cm³/mol. The van der Waals surface area contributed by atoms with Crippen LogP contribution < -0.4 is 11.1 Å². The molecular formula is C16H21FN4. The summed E-state index contributed by atoms with van der Waals surface area (Å²) in [6.07, 6.45) is 7.23. The highest BCUT2D eigenvalue weighted by atomic mass is 19.1. The number of aliphatic imine (C=N–C) groups is 1. The van der Waals surface area contributed by atoms with Gasteiger partial charge in [0.2, 0.25) is 0 Å². The van der Waals surface area contributed by atoms with Gasteiger partial charge in [0.15, 0.2) is 5.96 Å². The van der Waals surface area contributed by atoms with E-state index in [4.69, 9.17) is 11.0 Å². The molecule has 112 valence electrons. The first-order valence-corrected chi connectivity index (χ1v) is 7.44. The molecule has 0 bridgehead atoms. The maximum Gasteiger partial charge on any atom is 0.189 e. The number of nitrogens with zero attached hydrogens (tertiary/aromatic N) is 2. The molecule has 21 heavy (non-hydrogen) atoms. The van der Waals surface area contributed by atoms with Gasteiger partial charge in [0.25, 0.3) is 0 Å². The topological polar surface area (TPSA) is 74.2 Å². The fourth-order valence-electron chi connectivity index (χ4n) is 2.59. The Hall–Kier alpha value is -2.09. The van der Waals surface area contributed by atoms with Crippen LogP contribution in [-0.4, -0.2) is 12.0 Å². The molecule has 0 amide bonds. The second kappa shape index (κ2) is 7.63. The van der Waals surface area contributed by atoms with Crippen LogP contribution in [0.5, 0.6) is 0 Å². The van der Waals surface area contributed by atoms with E-state index in [9.17, 15) is 4.39 Å². The van der Waals surface area contributed by atoms with Gasteiger partial charge in [-0.25, -0.2) is 9.38 Å². The molecule has 0 aliphatic heterocycles. The summed E-state index contributed by atoms with van der Waals surface area (Å²) in [4.78, 5) is 4.20. The van der Waals surface area contributed by atoms with Crippen LogP contribution in [-0.2, 0) is 6.54 Å². The van der Waals surface area contributed by atoms with Crippen molar-refractivity contribution in [2.45, 2.75) is 51.1 Å². The summed E-state index contributed by atoms with van der Waals surface area (Å²) in [6.45, 7) is 0.184. The normalized spacial score (nSPS) is 17.0. The van der Waals surface area contributed by atoms with Crippen molar-refractivity contribution in [2.75, 3.05) is 0 Å². The van der Waals surface area contributed by atoms with E-state index in [1.807, 2.05) is 6.07 Å². The van der Waals surface area contributed by atoms with Crippen molar-refractivity contribution in [3.63, 3.8) is 0 Å². The fraction of sp³-hybridized carbons (Fsp3) is 0.500. The SMILES string of the molecule is N#Cc1ccc(CN=C(N)NC2CCCCCC2)c(F)c1. The predicted octanol–water partition coefficient (Wildman–Crippen LogP) is 2.82. The molecule has 2 rings (SSSR count). The zero-order valence-corrected chi connectivity index (χ0v) is 12.1. The summed E-state index contributed by atoms with van der Waals surface area (Å²) in [5, 5.41) is 11.9. The third-order valence-electron chi connectivity index (χ3n) is 3.81. The second-order valence-corrected chi connectivity index (χ2v) is 5.45. The number of hydrogen-bond acceptors (Lipinski definition) is 2. The molecular weight excluding hydrogens is 267 g/mol. The van der Waals surface area contributed by atoms with E-state index in [-0.39, 0.29) is 6.54 Å². The van der Waals surface area contributed by atoms with Gasteiger partial charge in [-0.1, -0.05) is 31.7 Å². The van der Waals surface area contributed by atoms with Crippen LogP contribution in [0.15, 0.2) is 23.2 Å². The first-order chi connectivity index (χ1) is 10.2. The quantitative estimate of drug-likeness (QED) is 0.510. The number of nitrogens with two attached hydrogens (primary N) is 1. The van der Waals surface area contributed by atoms with Crippen molar-refractivity contribution < 1.29 is 4.39 Å². The lowest BCUT2D eigenvalue weighted by Gasteiger charge is -2.16. The standard InChI is InChI=1S/C16H21FN4/c17-15-9-12(10-18)7-8-13(15)11-20-16(19)21-14-5-3-1-2-4-6-14/h7-9,14H,1-6,11H2,(H3,19,20,21). The van der Waals surface area contributed by atoms with Crippen LogP contribution in [0.2, 0.25) is 0 Å². The minimum atomic E-state index is -0.417. The number of benzene rings is 1. The van der Waals surface area contributed by atoms with Crippen LogP contribution in [0, 0.1) is 17.1 Å². The van der Waals surface area contributed by atoms with Crippen molar-refractivity contribution >= 4 is 5.96 Å². The number of nitriles is 1.